The molecule has 0 bridgehead atoms. The first kappa shape index (κ1) is 20.6. The zero-order valence-corrected chi connectivity index (χ0v) is 17.1. The summed E-state index contributed by atoms with van der Waals surface area (Å²) >= 11 is 0. The second-order valence-corrected chi connectivity index (χ2v) is 7.60. The predicted octanol–water partition coefficient (Wildman–Crippen LogP) is 4.77. The van der Waals surface area contributed by atoms with Gasteiger partial charge < -0.3 is 0 Å². The van der Waals surface area contributed by atoms with Gasteiger partial charge in [-0.2, -0.15) is 18.3 Å². The summed E-state index contributed by atoms with van der Waals surface area (Å²) in [5.74, 6) is 0.293. The molecule has 6 nitrogen and oxygen atoms in total. The third kappa shape index (κ3) is 4.16. The molecule has 31 heavy (non-hydrogen) atoms. The van der Waals surface area contributed by atoms with Gasteiger partial charge in [0.05, 0.1) is 29.0 Å². The first-order valence-corrected chi connectivity index (χ1v) is 9.52. The van der Waals surface area contributed by atoms with E-state index in [0.29, 0.717) is 22.9 Å². The molecule has 4 aromatic rings. The third-order valence-electron chi connectivity index (χ3n) is 4.90. The van der Waals surface area contributed by atoms with Crippen molar-refractivity contribution in [2.75, 3.05) is 0 Å². The van der Waals surface area contributed by atoms with Gasteiger partial charge >= 0.3 is 6.18 Å². The fraction of sp³-hybridized carbons (Fsp3) is 0.227. The maximum atomic E-state index is 12.9. The van der Waals surface area contributed by atoms with Crippen LogP contribution in [0.15, 0.2) is 61.1 Å². The molecule has 4 heterocycles. The van der Waals surface area contributed by atoms with Gasteiger partial charge in [0.15, 0.2) is 11.5 Å². The number of rotatable bonds is 4. The van der Waals surface area contributed by atoms with E-state index in [1.807, 2.05) is 45.0 Å². The monoisotopic (exact) mass is 424 g/mol. The Hall–Kier alpha value is -3.62. The van der Waals surface area contributed by atoms with E-state index >= 15 is 0 Å². The van der Waals surface area contributed by atoms with Crippen LogP contribution in [-0.4, -0.2) is 29.7 Å². The van der Waals surface area contributed by atoms with E-state index in [-0.39, 0.29) is 0 Å². The summed E-state index contributed by atoms with van der Waals surface area (Å²) in [7, 11) is 0. The SMILES string of the molecule is Cc1cncc(-c2cccc(C(C)(C)c3cccc(-n4ccc(C(F)(F)F)n4)n3)n2)n1. The van der Waals surface area contributed by atoms with Crippen LogP contribution in [0, 0.1) is 6.92 Å². The van der Waals surface area contributed by atoms with Gasteiger partial charge in [-0.25, -0.2) is 14.6 Å². The zero-order chi connectivity index (χ0) is 22.2. The topological polar surface area (TPSA) is 69.4 Å². The van der Waals surface area contributed by atoms with Crippen LogP contribution in [0.1, 0.15) is 36.6 Å². The van der Waals surface area contributed by atoms with Crippen LogP contribution < -0.4 is 0 Å². The molecule has 0 aliphatic rings. The Labute approximate surface area is 176 Å². The Kier molecular flexibility index (Phi) is 5.04. The summed E-state index contributed by atoms with van der Waals surface area (Å²) < 4.78 is 39.8. The van der Waals surface area contributed by atoms with Crippen molar-refractivity contribution in [3.05, 3.63) is 83.8 Å². The summed E-state index contributed by atoms with van der Waals surface area (Å²) in [5, 5.41) is 3.61. The van der Waals surface area contributed by atoms with Crippen molar-refractivity contribution in [3.8, 4) is 17.2 Å². The minimum absolute atomic E-state index is 0.293. The maximum Gasteiger partial charge on any atom is 0.435 e. The average molecular weight is 424 g/mol. The lowest BCUT2D eigenvalue weighted by atomic mass is 9.84. The van der Waals surface area contributed by atoms with E-state index < -0.39 is 17.3 Å². The lowest BCUT2D eigenvalue weighted by Crippen LogP contribution is -2.23. The van der Waals surface area contributed by atoms with Gasteiger partial charge in [0, 0.05) is 17.8 Å². The van der Waals surface area contributed by atoms with Crippen molar-refractivity contribution >= 4 is 0 Å². The Bertz CT molecular complexity index is 1230. The number of hydrogen-bond donors (Lipinski definition) is 0. The molecule has 0 saturated heterocycles. The molecular weight excluding hydrogens is 405 g/mol. The zero-order valence-electron chi connectivity index (χ0n) is 17.1. The molecule has 0 amide bonds. The molecule has 0 unspecified atom stereocenters. The summed E-state index contributed by atoms with van der Waals surface area (Å²) in [4.78, 5) is 18.0. The predicted molar refractivity (Wildman–Crippen MR) is 108 cm³/mol. The Balaban J connectivity index is 1.71. The molecular formula is C22H19F3N6. The summed E-state index contributed by atoms with van der Waals surface area (Å²) in [6.45, 7) is 5.77. The second kappa shape index (κ2) is 7.57. The number of alkyl halides is 3. The van der Waals surface area contributed by atoms with Crippen LogP contribution in [-0.2, 0) is 11.6 Å². The van der Waals surface area contributed by atoms with Crippen LogP contribution in [0.2, 0.25) is 0 Å². The summed E-state index contributed by atoms with van der Waals surface area (Å²) in [6.07, 6.45) is 0.0650. The van der Waals surface area contributed by atoms with Gasteiger partial charge in [-0.15, -0.1) is 0 Å². The standard InChI is InChI=1S/C22H19F3N6/c1-14-12-26-13-16(27-14)15-6-4-7-17(28-15)21(2,3)18-8-5-9-20(29-18)31-11-10-19(30-31)22(23,24)25/h4-13H,1-3H3. The van der Waals surface area contributed by atoms with Gasteiger partial charge in [0.1, 0.15) is 5.69 Å². The summed E-state index contributed by atoms with van der Waals surface area (Å²) in [6, 6.07) is 11.7. The molecule has 0 N–H and O–H groups in total. The quantitative estimate of drug-likeness (QED) is 0.472. The highest BCUT2D eigenvalue weighted by Gasteiger charge is 2.34. The number of nitrogens with zero attached hydrogens (tertiary/aromatic N) is 6. The smallest absolute Gasteiger partial charge is 0.261 e. The number of hydrogen-bond acceptors (Lipinski definition) is 5. The molecule has 0 fully saturated rings. The molecule has 4 aromatic heterocycles. The molecule has 158 valence electrons. The first-order valence-electron chi connectivity index (χ1n) is 9.52. The second-order valence-electron chi connectivity index (χ2n) is 7.60. The van der Waals surface area contributed by atoms with Gasteiger partial charge in [0.2, 0.25) is 0 Å². The van der Waals surface area contributed by atoms with Gasteiger partial charge in [0.25, 0.3) is 0 Å². The van der Waals surface area contributed by atoms with Crippen molar-refractivity contribution < 1.29 is 13.2 Å². The lowest BCUT2D eigenvalue weighted by Gasteiger charge is -2.24. The van der Waals surface area contributed by atoms with Crippen LogP contribution >= 0.6 is 0 Å². The Morgan fingerprint density at radius 2 is 1.48 bits per heavy atom. The van der Waals surface area contributed by atoms with Crippen molar-refractivity contribution in [1.82, 2.24) is 29.7 Å². The fourth-order valence-corrected chi connectivity index (χ4v) is 3.15. The van der Waals surface area contributed by atoms with Crippen molar-refractivity contribution in [2.24, 2.45) is 0 Å². The molecule has 0 radical (unpaired) electrons. The normalized spacial score (nSPS) is 12.2. The molecule has 0 saturated carbocycles. The first-order chi connectivity index (χ1) is 14.6. The fourth-order valence-electron chi connectivity index (χ4n) is 3.15. The van der Waals surface area contributed by atoms with E-state index in [1.165, 1.54) is 6.20 Å². The number of pyridine rings is 2. The molecule has 0 aliphatic heterocycles. The van der Waals surface area contributed by atoms with Gasteiger partial charge in [-0.05, 0) is 51.1 Å². The van der Waals surface area contributed by atoms with Crippen LogP contribution in [0.3, 0.4) is 0 Å². The highest BCUT2D eigenvalue weighted by atomic mass is 19.4. The van der Waals surface area contributed by atoms with E-state index in [9.17, 15) is 13.2 Å². The van der Waals surface area contributed by atoms with Gasteiger partial charge in [-0.3, -0.25) is 9.97 Å². The van der Waals surface area contributed by atoms with Crippen LogP contribution in [0.25, 0.3) is 17.2 Å². The maximum absolute atomic E-state index is 12.9. The number of aryl methyl sites for hydroxylation is 1. The highest BCUT2D eigenvalue weighted by molar-refractivity contribution is 5.53. The minimum Gasteiger partial charge on any atom is -0.261 e. The number of halogens is 3. The Morgan fingerprint density at radius 1 is 0.774 bits per heavy atom. The molecule has 0 atom stereocenters. The van der Waals surface area contributed by atoms with E-state index in [4.69, 9.17) is 4.98 Å². The van der Waals surface area contributed by atoms with Crippen molar-refractivity contribution in [3.63, 3.8) is 0 Å². The van der Waals surface area contributed by atoms with E-state index in [1.54, 1.807) is 24.5 Å². The minimum atomic E-state index is -4.51. The average Bonchev–Trinajstić information content (AvgIpc) is 3.25. The highest BCUT2D eigenvalue weighted by Crippen LogP contribution is 2.31. The van der Waals surface area contributed by atoms with Crippen molar-refractivity contribution in [1.29, 1.82) is 0 Å². The van der Waals surface area contributed by atoms with Crippen LogP contribution in [0.4, 0.5) is 13.2 Å². The molecule has 0 aromatic carbocycles. The van der Waals surface area contributed by atoms with Crippen molar-refractivity contribution in [2.45, 2.75) is 32.4 Å². The molecule has 9 heteroatoms. The third-order valence-corrected chi connectivity index (χ3v) is 4.90. The summed E-state index contributed by atoms with van der Waals surface area (Å²) in [5.41, 5.74) is 1.94. The van der Waals surface area contributed by atoms with Crippen LogP contribution in [0.5, 0.6) is 0 Å². The molecule has 0 aliphatic carbocycles. The van der Waals surface area contributed by atoms with E-state index in [2.05, 4.69) is 20.1 Å². The molecule has 4 rings (SSSR count). The Morgan fingerprint density at radius 3 is 2.16 bits per heavy atom. The lowest BCUT2D eigenvalue weighted by molar-refractivity contribution is -0.141. The molecule has 0 spiro atoms. The largest absolute Gasteiger partial charge is 0.435 e. The van der Waals surface area contributed by atoms with E-state index in [0.717, 1.165) is 22.1 Å². The number of aromatic nitrogens is 6. The van der Waals surface area contributed by atoms with Gasteiger partial charge in [-0.1, -0.05) is 12.1 Å².